The van der Waals surface area contributed by atoms with Gasteiger partial charge in [-0.15, -0.1) is 6.58 Å². The maximum atomic E-state index is 11.9. The van der Waals surface area contributed by atoms with Crippen molar-refractivity contribution in [3.8, 4) is 0 Å². The van der Waals surface area contributed by atoms with Crippen LogP contribution in [0.25, 0.3) is 0 Å². The molecule has 1 aromatic carbocycles. The van der Waals surface area contributed by atoms with Crippen molar-refractivity contribution in [3.63, 3.8) is 0 Å². The predicted molar refractivity (Wildman–Crippen MR) is 71.1 cm³/mol. The van der Waals surface area contributed by atoms with Gasteiger partial charge in [-0.25, -0.2) is 0 Å². The fraction of sp³-hybridized carbons (Fsp3) is 0.357. The summed E-state index contributed by atoms with van der Waals surface area (Å²) in [7, 11) is 1.44. The zero-order chi connectivity index (χ0) is 12.5. The Bertz CT molecular complexity index is 438. The van der Waals surface area contributed by atoms with Gasteiger partial charge in [0, 0.05) is 5.33 Å². The molecular formula is C14H15BrO2. The molecule has 1 saturated carbocycles. The number of benzene rings is 1. The minimum absolute atomic E-state index is 0.158. The molecule has 0 amide bonds. The lowest BCUT2D eigenvalue weighted by molar-refractivity contribution is -0.144. The fourth-order valence-electron chi connectivity index (χ4n) is 2.33. The van der Waals surface area contributed by atoms with Crippen molar-refractivity contribution < 1.29 is 9.53 Å². The van der Waals surface area contributed by atoms with Crippen LogP contribution in [-0.2, 0) is 20.3 Å². The molecule has 90 valence electrons. The van der Waals surface area contributed by atoms with Crippen molar-refractivity contribution in [2.24, 2.45) is 5.92 Å². The van der Waals surface area contributed by atoms with Crippen LogP contribution < -0.4 is 0 Å². The van der Waals surface area contributed by atoms with Crippen molar-refractivity contribution in [2.45, 2.75) is 17.2 Å². The third-order valence-electron chi connectivity index (χ3n) is 3.47. The minimum Gasteiger partial charge on any atom is -0.468 e. The number of hydrogen-bond acceptors (Lipinski definition) is 2. The lowest BCUT2D eigenvalue weighted by Crippen LogP contribution is -2.24. The molecule has 1 aromatic rings. The first-order valence-electron chi connectivity index (χ1n) is 5.55. The normalized spacial score (nSPS) is 26.4. The number of allylic oxidation sites excluding steroid dienone is 1. The highest BCUT2D eigenvalue weighted by atomic mass is 79.9. The molecule has 2 rings (SSSR count). The maximum absolute atomic E-state index is 11.9. The fourth-order valence-corrected chi connectivity index (χ4v) is 2.70. The number of halogens is 1. The number of esters is 1. The number of rotatable bonds is 4. The van der Waals surface area contributed by atoms with E-state index in [0.29, 0.717) is 0 Å². The number of ether oxygens (including phenoxy) is 1. The summed E-state index contributed by atoms with van der Waals surface area (Å²) in [6, 6.07) is 8.09. The van der Waals surface area contributed by atoms with Crippen LogP contribution in [0.5, 0.6) is 0 Å². The van der Waals surface area contributed by atoms with Gasteiger partial charge in [0.25, 0.3) is 0 Å². The van der Waals surface area contributed by atoms with E-state index in [1.807, 2.05) is 30.3 Å². The van der Waals surface area contributed by atoms with E-state index in [1.54, 1.807) is 0 Å². The van der Waals surface area contributed by atoms with Gasteiger partial charge in [0.05, 0.1) is 12.5 Å². The van der Waals surface area contributed by atoms with Crippen LogP contribution in [0.4, 0.5) is 0 Å². The van der Waals surface area contributed by atoms with Crippen molar-refractivity contribution >= 4 is 21.9 Å². The van der Waals surface area contributed by atoms with E-state index in [2.05, 4.69) is 22.5 Å². The van der Waals surface area contributed by atoms with Crippen LogP contribution in [0.15, 0.2) is 36.9 Å². The first-order chi connectivity index (χ1) is 8.18. The summed E-state index contributed by atoms with van der Waals surface area (Å²) < 4.78 is 4.92. The van der Waals surface area contributed by atoms with Crippen LogP contribution in [0.3, 0.4) is 0 Å². The molecule has 0 aromatic heterocycles. The molecule has 1 aliphatic rings. The number of carbonyl (C=O) groups is 1. The Balaban J connectivity index is 2.34. The summed E-state index contributed by atoms with van der Waals surface area (Å²) in [5, 5.41) is 0.823. The van der Waals surface area contributed by atoms with Gasteiger partial charge in [0.15, 0.2) is 0 Å². The Hall–Kier alpha value is -1.09. The van der Waals surface area contributed by atoms with Gasteiger partial charge in [-0.05, 0) is 23.5 Å². The van der Waals surface area contributed by atoms with Gasteiger partial charge in [-0.3, -0.25) is 4.79 Å². The van der Waals surface area contributed by atoms with E-state index in [1.165, 1.54) is 12.7 Å². The highest BCUT2D eigenvalue weighted by Gasteiger charge is 2.60. The molecule has 0 N–H and O–H groups in total. The van der Waals surface area contributed by atoms with E-state index >= 15 is 0 Å². The van der Waals surface area contributed by atoms with Gasteiger partial charge >= 0.3 is 5.97 Å². The van der Waals surface area contributed by atoms with Crippen LogP contribution in [0, 0.1) is 5.92 Å². The quantitative estimate of drug-likeness (QED) is 0.484. The van der Waals surface area contributed by atoms with E-state index in [0.717, 1.165) is 17.3 Å². The predicted octanol–water partition coefficient (Wildman–Crippen LogP) is 3.20. The van der Waals surface area contributed by atoms with Crippen LogP contribution >= 0.6 is 15.9 Å². The smallest absolute Gasteiger partial charge is 0.316 e. The average molecular weight is 295 g/mol. The van der Waals surface area contributed by atoms with Crippen LogP contribution in [0.1, 0.15) is 17.5 Å². The molecule has 1 aliphatic carbocycles. The topological polar surface area (TPSA) is 26.3 Å². The maximum Gasteiger partial charge on any atom is 0.316 e. The van der Waals surface area contributed by atoms with Crippen LogP contribution in [0.2, 0.25) is 0 Å². The van der Waals surface area contributed by atoms with Crippen molar-refractivity contribution in [1.82, 2.24) is 0 Å². The van der Waals surface area contributed by atoms with Gasteiger partial charge in [0.2, 0.25) is 0 Å². The van der Waals surface area contributed by atoms with Crippen molar-refractivity contribution in [2.75, 3.05) is 7.11 Å². The lowest BCUT2D eigenvalue weighted by atomic mass is 9.92. The first kappa shape index (κ1) is 12.4. The van der Waals surface area contributed by atoms with E-state index in [-0.39, 0.29) is 11.9 Å². The standard InChI is InChI=1S/C14H15BrO2/c1-3-11-8-14(11,13(16)17-2)12-6-4-10(9-15)5-7-12/h3-7,11H,1,8-9H2,2H3. The second-order valence-electron chi connectivity index (χ2n) is 4.34. The number of alkyl halides is 1. The average Bonchev–Trinajstić information content (AvgIpc) is 3.13. The number of hydrogen-bond donors (Lipinski definition) is 0. The summed E-state index contributed by atoms with van der Waals surface area (Å²) in [6.07, 6.45) is 2.64. The largest absolute Gasteiger partial charge is 0.468 e. The van der Waals surface area contributed by atoms with Gasteiger partial charge in [0.1, 0.15) is 0 Å². The Kier molecular flexibility index (Phi) is 3.38. The molecular weight excluding hydrogens is 280 g/mol. The zero-order valence-electron chi connectivity index (χ0n) is 9.78. The molecule has 0 aliphatic heterocycles. The van der Waals surface area contributed by atoms with Gasteiger partial charge < -0.3 is 4.74 Å². The SMILES string of the molecule is C=CC1CC1(C(=O)OC)c1ccc(CBr)cc1. The lowest BCUT2D eigenvalue weighted by Gasteiger charge is -2.14. The third kappa shape index (κ3) is 1.93. The Morgan fingerprint density at radius 3 is 2.65 bits per heavy atom. The third-order valence-corrected chi connectivity index (χ3v) is 4.12. The molecule has 2 nitrogen and oxygen atoms in total. The van der Waals surface area contributed by atoms with E-state index in [4.69, 9.17) is 4.74 Å². The number of methoxy groups -OCH3 is 1. The highest BCUT2D eigenvalue weighted by Crippen LogP contribution is 2.55. The molecule has 0 spiro atoms. The van der Waals surface area contributed by atoms with Crippen molar-refractivity contribution in [1.29, 1.82) is 0 Å². The highest BCUT2D eigenvalue weighted by molar-refractivity contribution is 9.08. The Morgan fingerprint density at radius 1 is 1.59 bits per heavy atom. The van der Waals surface area contributed by atoms with Crippen molar-refractivity contribution in [3.05, 3.63) is 48.0 Å². The minimum atomic E-state index is -0.485. The summed E-state index contributed by atoms with van der Waals surface area (Å²) in [5.74, 6) is 0.0405. The summed E-state index contributed by atoms with van der Waals surface area (Å²) >= 11 is 3.41. The second kappa shape index (κ2) is 4.65. The summed E-state index contributed by atoms with van der Waals surface area (Å²) in [4.78, 5) is 11.9. The molecule has 17 heavy (non-hydrogen) atoms. The first-order valence-corrected chi connectivity index (χ1v) is 6.67. The zero-order valence-corrected chi connectivity index (χ0v) is 11.4. The Morgan fingerprint density at radius 2 is 2.24 bits per heavy atom. The molecule has 0 heterocycles. The summed E-state index contributed by atoms with van der Waals surface area (Å²) in [6.45, 7) is 3.78. The molecule has 0 radical (unpaired) electrons. The number of carbonyl (C=O) groups excluding carboxylic acids is 1. The molecule has 2 atom stereocenters. The molecule has 0 bridgehead atoms. The van der Waals surface area contributed by atoms with E-state index < -0.39 is 5.41 Å². The summed E-state index contributed by atoms with van der Waals surface area (Å²) in [5.41, 5.74) is 1.74. The second-order valence-corrected chi connectivity index (χ2v) is 4.90. The van der Waals surface area contributed by atoms with Crippen LogP contribution in [-0.4, -0.2) is 13.1 Å². The van der Waals surface area contributed by atoms with E-state index in [9.17, 15) is 4.79 Å². The molecule has 0 saturated heterocycles. The van der Waals surface area contributed by atoms with Gasteiger partial charge in [-0.2, -0.15) is 0 Å². The molecule has 3 heteroatoms. The molecule has 1 fully saturated rings. The molecule has 2 unspecified atom stereocenters. The van der Waals surface area contributed by atoms with Gasteiger partial charge in [-0.1, -0.05) is 46.3 Å². The monoisotopic (exact) mass is 294 g/mol. The Labute approximate surface area is 110 Å².